The average molecular weight is 362 g/mol. The van der Waals surface area contributed by atoms with Gasteiger partial charge in [0.05, 0.1) is 17.1 Å². The largest absolute Gasteiger partial charge is 0.426 e. The number of aromatic nitrogens is 3. The van der Waals surface area contributed by atoms with Gasteiger partial charge in [-0.05, 0) is 48.5 Å². The highest BCUT2D eigenvalue weighted by atomic mass is 19.1. The van der Waals surface area contributed by atoms with Gasteiger partial charge in [-0.3, -0.25) is 14.8 Å². The Labute approximate surface area is 153 Å². The molecule has 0 amide bonds. The number of rotatable bonds is 4. The molecule has 2 aromatic heterocycles. The van der Waals surface area contributed by atoms with Gasteiger partial charge in [-0.25, -0.2) is 4.39 Å². The summed E-state index contributed by atoms with van der Waals surface area (Å²) in [7, 11) is 1.85. The van der Waals surface area contributed by atoms with Gasteiger partial charge < -0.3 is 9.64 Å². The third-order valence-corrected chi connectivity index (χ3v) is 4.12. The van der Waals surface area contributed by atoms with Gasteiger partial charge in [-0.15, -0.1) is 0 Å². The van der Waals surface area contributed by atoms with Gasteiger partial charge >= 0.3 is 6.01 Å². The summed E-state index contributed by atoms with van der Waals surface area (Å²) in [6.07, 6.45) is 3.04. The fourth-order valence-corrected chi connectivity index (χ4v) is 2.70. The van der Waals surface area contributed by atoms with Gasteiger partial charge in [0.15, 0.2) is 0 Å². The molecule has 134 valence electrons. The number of aromatic amines is 1. The average Bonchev–Trinajstić information content (AvgIpc) is 2.68. The van der Waals surface area contributed by atoms with Crippen LogP contribution in [0.3, 0.4) is 0 Å². The Kier molecular flexibility index (Phi) is 4.25. The lowest BCUT2D eigenvalue weighted by atomic mass is 10.2. The van der Waals surface area contributed by atoms with Crippen molar-refractivity contribution in [3.05, 3.63) is 83.2 Å². The molecule has 0 saturated heterocycles. The van der Waals surface area contributed by atoms with Crippen LogP contribution < -0.4 is 15.2 Å². The summed E-state index contributed by atoms with van der Waals surface area (Å²) in [4.78, 5) is 24.8. The second kappa shape index (κ2) is 6.87. The number of anilines is 2. The first-order chi connectivity index (χ1) is 13.1. The number of halogens is 1. The first kappa shape index (κ1) is 16.7. The number of fused-ring (bicyclic) bond motifs is 1. The number of nitrogens with zero attached hydrogens (tertiary/aromatic N) is 3. The van der Waals surface area contributed by atoms with Crippen molar-refractivity contribution < 1.29 is 9.13 Å². The minimum atomic E-state index is -0.292. The lowest BCUT2D eigenvalue weighted by Crippen LogP contribution is -2.10. The number of hydrogen-bond donors (Lipinski definition) is 1. The summed E-state index contributed by atoms with van der Waals surface area (Å²) in [5.41, 5.74) is 1.76. The normalized spacial score (nSPS) is 10.7. The quantitative estimate of drug-likeness (QED) is 0.594. The maximum Gasteiger partial charge on any atom is 0.302 e. The molecule has 0 aliphatic carbocycles. The molecule has 4 rings (SSSR count). The summed E-state index contributed by atoms with van der Waals surface area (Å²) in [5.74, 6) is 0.220. The topological polar surface area (TPSA) is 71.1 Å². The van der Waals surface area contributed by atoms with Crippen LogP contribution in [-0.4, -0.2) is 22.0 Å². The maximum absolute atomic E-state index is 13.4. The number of nitrogens with one attached hydrogen (secondary N) is 1. The van der Waals surface area contributed by atoms with E-state index in [-0.39, 0.29) is 17.4 Å². The molecule has 0 radical (unpaired) electrons. The Balaban J connectivity index is 1.57. The van der Waals surface area contributed by atoms with Gasteiger partial charge in [0.25, 0.3) is 5.56 Å². The van der Waals surface area contributed by atoms with E-state index in [1.165, 1.54) is 24.5 Å². The Morgan fingerprint density at radius 3 is 2.67 bits per heavy atom. The van der Waals surface area contributed by atoms with Crippen LogP contribution in [-0.2, 0) is 0 Å². The molecule has 0 unspecified atom stereocenters. The summed E-state index contributed by atoms with van der Waals surface area (Å²) in [6.45, 7) is 0. The molecule has 0 fully saturated rings. The van der Waals surface area contributed by atoms with Gasteiger partial charge in [-0.2, -0.15) is 4.98 Å². The van der Waals surface area contributed by atoms with Crippen LogP contribution in [0.5, 0.6) is 11.8 Å². The molecular weight excluding hydrogens is 347 g/mol. The van der Waals surface area contributed by atoms with E-state index in [1.54, 1.807) is 24.3 Å². The van der Waals surface area contributed by atoms with Gasteiger partial charge in [0.2, 0.25) is 0 Å². The van der Waals surface area contributed by atoms with Gasteiger partial charge in [-0.1, -0.05) is 6.07 Å². The summed E-state index contributed by atoms with van der Waals surface area (Å²) < 4.78 is 19.1. The van der Waals surface area contributed by atoms with Crippen molar-refractivity contribution in [2.75, 3.05) is 11.9 Å². The Morgan fingerprint density at radius 2 is 1.89 bits per heavy atom. The van der Waals surface area contributed by atoms with Crippen LogP contribution in [0.2, 0.25) is 0 Å². The number of hydrogen-bond acceptors (Lipinski definition) is 5. The van der Waals surface area contributed by atoms with Crippen molar-refractivity contribution in [2.24, 2.45) is 0 Å². The predicted octanol–water partition coefficient (Wildman–Crippen LogP) is 4.02. The molecule has 27 heavy (non-hydrogen) atoms. The van der Waals surface area contributed by atoms with Crippen molar-refractivity contribution in [2.45, 2.75) is 0 Å². The molecule has 2 heterocycles. The highest BCUT2D eigenvalue weighted by Gasteiger charge is 2.08. The molecule has 7 heteroatoms. The van der Waals surface area contributed by atoms with Crippen molar-refractivity contribution >= 4 is 22.3 Å². The molecule has 0 aliphatic heterocycles. The lowest BCUT2D eigenvalue weighted by Gasteiger charge is -2.19. The van der Waals surface area contributed by atoms with Crippen LogP contribution in [0.25, 0.3) is 10.9 Å². The minimum Gasteiger partial charge on any atom is -0.426 e. The first-order valence-electron chi connectivity index (χ1n) is 8.21. The second-order valence-electron chi connectivity index (χ2n) is 5.90. The zero-order valence-electron chi connectivity index (χ0n) is 14.4. The Morgan fingerprint density at radius 1 is 1.07 bits per heavy atom. The van der Waals surface area contributed by atoms with Crippen molar-refractivity contribution in [1.82, 2.24) is 15.0 Å². The molecule has 0 spiro atoms. The molecule has 6 nitrogen and oxygen atoms in total. The van der Waals surface area contributed by atoms with Crippen molar-refractivity contribution in [1.29, 1.82) is 0 Å². The fraction of sp³-hybridized carbons (Fsp3) is 0.0500. The standard InChI is InChI=1S/C20H15FN4O2/c1-25(15-4-2-3-13(21)11-15)14-5-7-16(8-6-14)27-20-23-18-12-22-10-9-17(18)19(26)24-20/h2-12H,1H3,(H,23,24,26). The fourth-order valence-electron chi connectivity index (χ4n) is 2.70. The molecule has 4 aromatic rings. The Hall–Kier alpha value is -3.74. The van der Waals surface area contributed by atoms with Crippen LogP contribution in [0, 0.1) is 5.82 Å². The number of benzene rings is 2. The zero-order valence-corrected chi connectivity index (χ0v) is 14.4. The van der Waals surface area contributed by atoms with Crippen LogP contribution in [0.15, 0.2) is 71.8 Å². The van der Waals surface area contributed by atoms with Crippen LogP contribution in [0.4, 0.5) is 15.8 Å². The molecule has 0 bridgehead atoms. The van der Waals surface area contributed by atoms with Crippen molar-refractivity contribution in [3.8, 4) is 11.8 Å². The van der Waals surface area contributed by atoms with Crippen molar-refractivity contribution in [3.63, 3.8) is 0 Å². The maximum atomic E-state index is 13.4. The van der Waals surface area contributed by atoms with E-state index in [0.29, 0.717) is 16.7 Å². The number of H-pyrrole nitrogens is 1. The predicted molar refractivity (Wildman–Crippen MR) is 101 cm³/mol. The molecule has 2 aromatic carbocycles. The third-order valence-electron chi connectivity index (χ3n) is 4.12. The van der Waals surface area contributed by atoms with E-state index < -0.39 is 0 Å². The van der Waals surface area contributed by atoms with E-state index in [2.05, 4.69) is 15.0 Å². The summed E-state index contributed by atoms with van der Waals surface area (Å²) >= 11 is 0. The first-order valence-corrected chi connectivity index (χ1v) is 8.21. The van der Waals surface area contributed by atoms with Crippen LogP contribution >= 0.6 is 0 Å². The molecule has 0 saturated carbocycles. The highest BCUT2D eigenvalue weighted by molar-refractivity contribution is 5.76. The minimum absolute atomic E-state index is 0.0896. The Bertz CT molecular complexity index is 1160. The second-order valence-corrected chi connectivity index (χ2v) is 5.90. The smallest absolute Gasteiger partial charge is 0.302 e. The van der Waals surface area contributed by atoms with E-state index in [1.807, 2.05) is 30.1 Å². The lowest BCUT2D eigenvalue weighted by molar-refractivity contribution is 0.443. The summed E-state index contributed by atoms with van der Waals surface area (Å²) in [6, 6.07) is 15.2. The molecule has 1 N–H and O–H groups in total. The third kappa shape index (κ3) is 3.48. The molecular formula is C20H15FN4O2. The molecule has 0 aliphatic rings. The summed E-state index contributed by atoms with van der Waals surface area (Å²) in [5, 5.41) is 0.449. The zero-order chi connectivity index (χ0) is 18.8. The number of pyridine rings is 1. The van der Waals surface area contributed by atoms with E-state index in [0.717, 1.165) is 11.4 Å². The SMILES string of the molecule is CN(c1ccc(Oc2nc3cnccc3c(=O)[nH]2)cc1)c1cccc(F)c1. The van der Waals surface area contributed by atoms with E-state index in [9.17, 15) is 9.18 Å². The highest BCUT2D eigenvalue weighted by Crippen LogP contribution is 2.27. The van der Waals surface area contributed by atoms with Gasteiger partial charge in [0.1, 0.15) is 11.6 Å². The van der Waals surface area contributed by atoms with Gasteiger partial charge in [0, 0.05) is 24.6 Å². The number of ether oxygens (including phenoxy) is 1. The molecule has 0 atom stereocenters. The monoisotopic (exact) mass is 362 g/mol. The van der Waals surface area contributed by atoms with E-state index >= 15 is 0 Å². The van der Waals surface area contributed by atoms with Crippen LogP contribution in [0.1, 0.15) is 0 Å². The van der Waals surface area contributed by atoms with E-state index in [4.69, 9.17) is 4.74 Å².